The number of carbonyl (C=O) groups is 1. The van der Waals surface area contributed by atoms with E-state index in [1.807, 2.05) is 25.1 Å². The predicted molar refractivity (Wildman–Crippen MR) is 68.5 cm³/mol. The number of hydrogen-bond acceptors (Lipinski definition) is 3. The van der Waals surface area contributed by atoms with Gasteiger partial charge >= 0.3 is 0 Å². The minimum atomic E-state index is -0.203. The largest absolute Gasteiger partial charge is 0.494 e. The van der Waals surface area contributed by atoms with Gasteiger partial charge in [-0.15, -0.1) is 0 Å². The van der Waals surface area contributed by atoms with Crippen molar-refractivity contribution in [1.82, 2.24) is 0 Å². The standard InChI is InChI=1S/C13H18N2O2/c1-9(2)17-8-11-5-4-10(3)12(6-11)15-13(16)7-14/h4-6H,1,7-8,14H2,2-3H3,(H,15,16). The average molecular weight is 234 g/mol. The average Bonchev–Trinajstić information content (AvgIpc) is 2.29. The molecule has 1 amide bonds. The Balaban J connectivity index is 2.79. The van der Waals surface area contributed by atoms with Gasteiger partial charge in [0.05, 0.1) is 12.3 Å². The number of carbonyl (C=O) groups excluding carboxylic acids is 1. The lowest BCUT2D eigenvalue weighted by molar-refractivity contribution is -0.114. The van der Waals surface area contributed by atoms with Crippen LogP contribution in [0.4, 0.5) is 5.69 Å². The minimum Gasteiger partial charge on any atom is -0.494 e. The van der Waals surface area contributed by atoms with Gasteiger partial charge in [-0.2, -0.15) is 0 Å². The molecule has 4 heteroatoms. The molecule has 0 atom stereocenters. The van der Waals surface area contributed by atoms with Crippen LogP contribution in [0.25, 0.3) is 0 Å². The summed E-state index contributed by atoms with van der Waals surface area (Å²) in [6.07, 6.45) is 0. The van der Waals surface area contributed by atoms with Crippen LogP contribution in [0, 0.1) is 6.92 Å². The molecule has 0 aliphatic rings. The van der Waals surface area contributed by atoms with Gasteiger partial charge in [0.2, 0.25) is 5.91 Å². The summed E-state index contributed by atoms with van der Waals surface area (Å²) in [7, 11) is 0. The summed E-state index contributed by atoms with van der Waals surface area (Å²) in [6, 6.07) is 5.77. The van der Waals surface area contributed by atoms with Gasteiger partial charge in [0.1, 0.15) is 6.61 Å². The smallest absolute Gasteiger partial charge is 0.238 e. The molecule has 1 aromatic rings. The highest BCUT2D eigenvalue weighted by Gasteiger charge is 2.04. The Labute approximate surface area is 101 Å². The van der Waals surface area contributed by atoms with Gasteiger partial charge in [-0.05, 0) is 31.0 Å². The molecule has 92 valence electrons. The van der Waals surface area contributed by atoms with Crippen LogP contribution < -0.4 is 11.1 Å². The van der Waals surface area contributed by atoms with E-state index in [0.29, 0.717) is 12.4 Å². The summed E-state index contributed by atoms with van der Waals surface area (Å²) < 4.78 is 5.32. The Hall–Kier alpha value is -1.81. The fourth-order valence-electron chi connectivity index (χ4n) is 1.30. The van der Waals surface area contributed by atoms with Gasteiger partial charge in [0.15, 0.2) is 0 Å². The molecule has 4 nitrogen and oxygen atoms in total. The van der Waals surface area contributed by atoms with E-state index in [0.717, 1.165) is 16.8 Å². The van der Waals surface area contributed by atoms with Crippen LogP contribution in [0.15, 0.2) is 30.5 Å². The van der Waals surface area contributed by atoms with E-state index in [9.17, 15) is 4.79 Å². The molecule has 0 aromatic heterocycles. The Bertz CT molecular complexity index is 427. The Morgan fingerprint density at radius 3 is 2.82 bits per heavy atom. The zero-order chi connectivity index (χ0) is 12.8. The lowest BCUT2D eigenvalue weighted by Crippen LogP contribution is -2.22. The van der Waals surface area contributed by atoms with Crippen molar-refractivity contribution in [2.75, 3.05) is 11.9 Å². The molecule has 0 heterocycles. The van der Waals surface area contributed by atoms with Crippen LogP contribution in [0.2, 0.25) is 0 Å². The van der Waals surface area contributed by atoms with Crippen molar-refractivity contribution in [3.63, 3.8) is 0 Å². The van der Waals surface area contributed by atoms with Crippen molar-refractivity contribution in [1.29, 1.82) is 0 Å². The molecule has 3 N–H and O–H groups in total. The monoisotopic (exact) mass is 234 g/mol. The second kappa shape index (κ2) is 6.06. The second-order valence-electron chi connectivity index (χ2n) is 3.89. The fourth-order valence-corrected chi connectivity index (χ4v) is 1.30. The molecule has 1 aromatic carbocycles. The van der Waals surface area contributed by atoms with E-state index in [1.54, 1.807) is 6.92 Å². The van der Waals surface area contributed by atoms with Gasteiger partial charge in [-0.25, -0.2) is 0 Å². The van der Waals surface area contributed by atoms with Crippen LogP contribution in [0.5, 0.6) is 0 Å². The highest BCUT2D eigenvalue weighted by atomic mass is 16.5. The normalized spacial score (nSPS) is 9.82. The first-order valence-corrected chi connectivity index (χ1v) is 5.40. The number of nitrogens with one attached hydrogen (secondary N) is 1. The number of amides is 1. The summed E-state index contributed by atoms with van der Waals surface area (Å²) in [5, 5.41) is 2.75. The highest BCUT2D eigenvalue weighted by molar-refractivity contribution is 5.92. The van der Waals surface area contributed by atoms with Crippen LogP contribution >= 0.6 is 0 Å². The quantitative estimate of drug-likeness (QED) is 0.765. The number of nitrogens with two attached hydrogens (primary N) is 1. The van der Waals surface area contributed by atoms with Crippen LogP contribution in [-0.2, 0) is 16.1 Å². The first kappa shape index (κ1) is 13.3. The number of aryl methyl sites for hydroxylation is 1. The Morgan fingerprint density at radius 1 is 1.53 bits per heavy atom. The molecule has 17 heavy (non-hydrogen) atoms. The van der Waals surface area contributed by atoms with Crippen LogP contribution in [0.3, 0.4) is 0 Å². The number of allylic oxidation sites excluding steroid dienone is 1. The maximum atomic E-state index is 11.2. The first-order valence-electron chi connectivity index (χ1n) is 5.40. The maximum absolute atomic E-state index is 11.2. The van der Waals surface area contributed by atoms with Crippen molar-refractivity contribution in [3.8, 4) is 0 Å². The van der Waals surface area contributed by atoms with Crippen molar-refractivity contribution in [2.24, 2.45) is 5.73 Å². The van der Waals surface area contributed by atoms with Gasteiger partial charge in [-0.3, -0.25) is 4.79 Å². The highest BCUT2D eigenvalue weighted by Crippen LogP contribution is 2.17. The Morgan fingerprint density at radius 2 is 2.24 bits per heavy atom. The third-order valence-electron chi connectivity index (χ3n) is 2.25. The molecular weight excluding hydrogens is 216 g/mol. The molecular formula is C13H18N2O2. The molecule has 0 saturated heterocycles. The summed E-state index contributed by atoms with van der Waals surface area (Å²) in [5.74, 6) is 0.462. The van der Waals surface area contributed by atoms with E-state index < -0.39 is 0 Å². The second-order valence-corrected chi connectivity index (χ2v) is 3.89. The van der Waals surface area contributed by atoms with Crippen molar-refractivity contribution in [2.45, 2.75) is 20.5 Å². The molecule has 1 rings (SSSR count). The molecule has 0 bridgehead atoms. The van der Waals surface area contributed by atoms with Gasteiger partial charge in [-0.1, -0.05) is 18.7 Å². The predicted octanol–water partition coefficient (Wildman–Crippen LogP) is 1.94. The number of ether oxygens (including phenoxy) is 1. The van der Waals surface area contributed by atoms with Crippen molar-refractivity contribution < 1.29 is 9.53 Å². The van der Waals surface area contributed by atoms with E-state index >= 15 is 0 Å². The number of benzene rings is 1. The lowest BCUT2D eigenvalue weighted by atomic mass is 10.1. The molecule has 0 fully saturated rings. The third-order valence-corrected chi connectivity index (χ3v) is 2.25. The zero-order valence-electron chi connectivity index (χ0n) is 10.2. The molecule has 0 aliphatic carbocycles. The first-order chi connectivity index (χ1) is 8.02. The third kappa shape index (κ3) is 4.28. The Kier molecular flexibility index (Phi) is 4.72. The lowest BCUT2D eigenvalue weighted by Gasteiger charge is -2.11. The summed E-state index contributed by atoms with van der Waals surface area (Å²) in [4.78, 5) is 11.2. The van der Waals surface area contributed by atoms with E-state index in [-0.39, 0.29) is 12.5 Å². The number of anilines is 1. The fraction of sp³-hybridized carbons (Fsp3) is 0.308. The zero-order valence-corrected chi connectivity index (χ0v) is 10.2. The summed E-state index contributed by atoms with van der Waals surface area (Å²) >= 11 is 0. The SMILES string of the molecule is C=C(C)OCc1ccc(C)c(NC(=O)CN)c1. The van der Waals surface area contributed by atoms with Crippen LogP contribution in [-0.4, -0.2) is 12.5 Å². The van der Waals surface area contributed by atoms with Gasteiger partial charge in [0.25, 0.3) is 0 Å². The van der Waals surface area contributed by atoms with E-state index in [1.165, 1.54) is 0 Å². The molecule has 0 unspecified atom stereocenters. The van der Waals surface area contributed by atoms with Gasteiger partial charge < -0.3 is 15.8 Å². The summed E-state index contributed by atoms with van der Waals surface area (Å²) in [5.41, 5.74) is 7.99. The molecule has 0 saturated carbocycles. The topological polar surface area (TPSA) is 64.3 Å². The van der Waals surface area contributed by atoms with Crippen molar-refractivity contribution >= 4 is 11.6 Å². The minimum absolute atomic E-state index is 0.0219. The number of rotatable bonds is 5. The maximum Gasteiger partial charge on any atom is 0.238 e. The number of hydrogen-bond donors (Lipinski definition) is 2. The molecule has 0 spiro atoms. The summed E-state index contributed by atoms with van der Waals surface area (Å²) in [6.45, 7) is 7.81. The molecule has 0 aliphatic heterocycles. The molecule has 0 radical (unpaired) electrons. The van der Waals surface area contributed by atoms with E-state index in [4.69, 9.17) is 10.5 Å². The van der Waals surface area contributed by atoms with Crippen molar-refractivity contribution in [3.05, 3.63) is 41.7 Å². The van der Waals surface area contributed by atoms with Gasteiger partial charge in [0, 0.05) is 5.69 Å². The van der Waals surface area contributed by atoms with E-state index in [2.05, 4.69) is 11.9 Å². The van der Waals surface area contributed by atoms with Crippen LogP contribution in [0.1, 0.15) is 18.1 Å².